The van der Waals surface area contributed by atoms with Gasteiger partial charge in [0.15, 0.2) is 0 Å². The van der Waals surface area contributed by atoms with Crippen molar-refractivity contribution in [2.24, 2.45) is 0 Å². The zero-order valence-electron chi connectivity index (χ0n) is 11.3. The summed E-state index contributed by atoms with van der Waals surface area (Å²) in [5, 5.41) is 13.2. The summed E-state index contributed by atoms with van der Waals surface area (Å²) in [7, 11) is 0. The van der Waals surface area contributed by atoms with Crippen LogP contribution in [-0.2, 0) is 6.42 Å². The number of thiazole rings is 1. The molecule has 1 amide bonds. The average molecular weight is 280 g/mol. The van der Waals surface area contributed by atoms with Crippen LogP contribution in [0.5, 0.6) is 0 Å². The summed E-state index contributed by atoms with van der Waals surface area (Å²) in [5.74, 6) is 0.00132. The zero-order chi connectivity index (χ0) is 13.5. The lowest BCUT2D eigenvalue weighted by atomic mass is 10.1. The Bertz CT molecular complexity index is 482. The molecular formula is C14H20N2O2S. The summed E-state index contributed by atoms with van der Waals surface area (Å²) >= 11 is 1.56. The molecule has 1 aromatic heterocycles. The smallest absolute Gasteiger partial charge is 0.273 e. The summed E-state index contributed by atoms with van der Waals surface area (Å²) < 4.78 is 0. The van der Waals surface area contributed by atoms with Crippen molar-refractivity contribution < 1.29 is 9.90 Å². The van der Waals surface area contributed by atoms with Crippen LogP contribution in [0.4, 0.5) is 0 Å². The van der Waals surface area contributed by atoms with Crippen LogP contribution in [0.25, 0.3) is 0 Å². The number of carbonyl (C=O) groups excluding carboxylic acids is 1. The molecule has 5 heteroatoms. The van der Waals surface area contributed by atoms with Gasteiger partial charge < -0.3 is 10.0 Å². The lowest BCUT2D eigenvalue weighted by Gasteiger charge is -2.28. The zero-order valence-corrected chi connectivity index (χ0v) is 12.1. The van der Waals surface area contributed by atoms with Gasteiger partial charge in [-0.1, -0.05) is 6.92 Å². The molecule has 19 heavy (non-hydrogen) atoms. The van der Waals surface area contributed by atoms with E-state index in [1.54, 1.807) is 11.3 Å². The van der Waals surface area contributed by atoms with Crippen LogP contribution < -0.4 is 0 Å². The summed E-state index contributed by atoms with van der Waals surface area (Å²) in [6.45, 7) is 2.87. The number of aryl methyl sites for hydroxylation is 1. The minimum atomic E-state index is -0.603. The number of rotatable bonds is 4. The maximum atomic E-state index is 12.5. The number of nitrogens with zero attached hydrogens (tertiary/aromatic N) is 2. The van der Waals surface area contributed by atoms with Gasteiger partial charge in [0.05, 0.1) is 16.7 Å². The Labute approximate surface area is 117 Å². The van der Waals surface area contributed by atoms with Gasteiger partial charge in [0, 0.05) is 11.9 Å². The van der Waals surface area contributed by atoms with Crippen LogP contribution in [0.3, 0.4) is 0 Å². The van der Waals surface area contributed by atoms with Gasteiger partial charge in [-0.2, -0.15) is 0 Å². The van der Waals surface area contributed by atoms with Crippen molar-refractivity contribution in [3.05, 3.63) is 16.1 Å². The molecule has 4 nitrogen and oxygen atoms in total. The van der Waals surface area contributed by atoms with Crippen molar-refractivity contribution in [2.45, 2.75) is 57.1 Å². The van der Waals surface area contributed by atoms with E-state index in [1.807, 2.05) is 10.3 Å². The number of carbonyl (C=O) groups is 1. The second-order valence-electron chi connectivity index (χ2n) is 5.64. The highest BCUT2D eigenvalue weighted by molar-refractivity contribution is 7.09. The Morgan fingerprint density at radius 3 is 3.11 bits per heavy atom. The average Bonchev–Trinajstić information content (AvgIpc) is 2.88. The normalized spacial score (nSPS) is 24.7. The molecule has 3 rings (SSSR count). The van der Waals surface area contributed by atoms with E-state index in [0.717, 1.165) is 50.1 Å². The van der Waals surface area contributed by atoms with Gasteiger partial charge in [0.25, 0.3) is 5.91 Å². The summed E-state index contributed by atoms with van der Waals surface area (Å²) in [5.41, 5.74) is -0.0429. The van der Waals surface area contributed by atoms with Crippen LogP contribution in [0.15, 0.2) is 5.38 Å². The summed E-state index contributed by atoms with van der Waals surface area (Å²) in [4.78, 5) is 18.8. The van der Waals surface area contributed by atoms with Crippen LogP contribution in [-0.4, -0.2) is 39.1 Å². The summed E-state index contributed by atoms with van der Waals surface area (Å²) in [6.07, 6.45) is 5.57. The standard InChI is InChI=1S/C14H20N2O2S/c1-2-4-12-15-10(9-19-12)13(17)16-8-3-5-11(16)14(18)6-7-14/h9,11,18H,2-8H2,1H3. The third-order valence-electron chi connectivity index (χ3n) is 4.13. The molecule has 0 aromatic carbocycles. The quantitative estimate of drug-likeness (QED) is 0.920. The van der Waals surface area contributed by atoms with E-state index in [9.17, 15) is 9.90 Å². The maximum absolute atomic E-state index is 12.5. The van der Waals surface area contributed by atoms with Crippen molar-refractivity contribution in [1.29, 1.82) is 0 Å². The fraction of sp³-hybridized carbons (Fsp3) is 0.714. The number of aliphatic hydroxyl groups is 1. The molecule has 0 bridgehead atoms. The molecule has 1 N–H and O–H groups in total. The van der Waals surface area contributed by atoms with Gasteiger partial charge in [0.2, 0.25) is 0 Å². The number of likely N-dealkylation sites (tertiary alicyclic amines) is 1. The molecule has 0 spiro atoms. The number of hydrogen-bond donors (Lipinski definition) is 1. The largest absolute Gasteiger partial charge is 0.388 e. The lowest BCUT2D eigenvalue weighted by Crippen LogP contribution is -2.44. The monoisotopic (exact) mass is 280 g/mol. The maximum Gasteiger partial charge on any atom is 0.273 e. The molecule has 1 saturated carbocycles. The molecule has 2 aliphatic rings. The topological polar surface area (TPSA) is 53.4 Å². The van der Waals surface area contributed by atoms with Gasteiger partial charge in [-0.15, -0.1) is 11.3 Å². The molecule has 0 radical (unpaired) electrons. The molecule has 1 aliphatic carbocycles. The van der Waals surface area contributed by atoms with Gasteiger partial charge in [-0.25, -0.2) is 4.98 Å². The van der Waals surface area contributed by atoms with Crippen LogP contribution in [0.2, 0.25) is 0 Å². The Kier molecular flexibility index (Phi) is 3.35. The number of amides is 1. The summed E-state index contributed by atoms with van der Waals surface area (Å²) in [6, 6.07) is 0.0105. The molecule has 104 valence electrons. The lowest BCUT2D eigenvalue weighted by molar-refractivity contribution is 0.0383. The fourth-order valence-corrected chi connectivity index (χ4v) is 3.79. The molecule has 1 unspecified atom stereocenters. The molecule has 2 fully saturated rings. The molecular weight excluding hydrogens is 260 g/mol. The Morgan fingerprint density at radius 1 is 1.63 bits per heavy atom. The third kappa shape index (κ3) is 2.41. The molecule has 1 aromatic rings. The fourth-order valence-electron chi connectivity index (χ4n) is 2.91. The SMILES string of the molecule is CCCc1nc(C(=O)N2CCCC2C2(O)CC2)cs1. The Balaban J connectivity index is 1.75. The first-order valence-corrected chi connectivity index (χ1v) is 8.00. The molecule has 1 aliphatic heterocycles. The van der Waals surface area contributed by atoms with E-state index in [0.29, 0.717) is 5.69 Å². The first-order valence-electron chi connectivity index (χ1n) is 7.12. The van der Waals surface area contributed by atoms with E-state index in [2.05, 4.69) is 11.9 Å². The van der Waals surface area contributed by atoms with Crippen molar-refractivity contribution in [1.82, 2.24) is 9.88 Å². The highest BCUT2D eigenvalue weighted by atomic mass is 32.1. The van der Waals surface area contributed by atoms with E-state index in [4.69, 9.17) is 0 Å². The minimum absolute atomic E-state index is 0.00132. The van der Waals surface area contributed by atoms with Gasteiger partial charge in [-0.05, 0) is 38.5 Å². The van der Waals surface area contributed by atoms with Crippen molar-refractivity contribution in [2.75, 3.05) is 6.54 Å². The highest BCUT2D eigenvalue weighted by Crippen LogP contribution is 2.44. The van der Waals surface area contributed by atoms with Crippen molar-refractivity contribution in [3.8, 4) is 0 Å². The van der Waals surface area contributed by atoms with Crippen LogP contribution >= 0.6 is 11.3 Å². The molecule has 1 atom stereocenters. The predicted molar refractivity (Wildman–Crippen MR) is 74.4 cm³/mol. The van der Waals surface area contributed by atoms with Gasteiger partial charge in [0.1, 0.15) is 5.69 Å². The minimum Gasteiger partial charge on any atom is -0.388 e. The first kappa shape index (κ1) is 13.1. The number of hydrogen-bond acceptors (Lipinski definition) is 4. The number of aromatic nitrogens is 1. The van der Waals surface area contributed by atoms with Crippen LogP contribution in [0.1, 0.15) is 54.5 Å². The Hall–Kier alpha value is -0.940. The van der Waals surface area contributed by atoms with Gasteiger partial charge >= 0.3 is 0 Å². The van der Waals surface area contributed by atoms with Crippen molar-refractivity contribution >= 4 is 17.2 Å². The first-order chi connectivity index (χ1) is 9.14. The molecule has 2 heterocycles. The van der Waals surface area contributed by atoms with E-state index in [1.165, 1.54) is 0 Å². The van der Waals surface area contributed by atoms with Crippen molar-refractivity contribution in [3.63, 3.8) is 0 Å². The highest BCUT2D eigenvalue weighted by Gasteiger charge is 2.52. The predicted octanol–water partition coefficient (Wildman–Crippen LogP) is 2.23. The molecule has 1 saturated heterocycles. The van der Waals surface area contributed by atoms with E-state index >= 15 is 0 Å². The van der Waals surface area contributed by atoms with Gasteiger partial charge in [-0.3, -0.25) is 4.79 Å². The Morgan fingerprint density at radius 2 is 2.42 bits per heavy atom. The van der Waals surface area contributed by atoms with Crippen LogP contribution in [0, 0.1) is 0 Å². The third-order valence-corrected chi connectivity index (χ3v) is 5.04. The second kappa shape index (κ2) is 4.87. The van der Waals surface area contributed by atoms with E-state index in [-0.39, 0.29) is 11.9 Å². The van der Waals surface area contributed by atoms with E-state index < -0.39 is 5.60 Å². The second-order valence-corrected chi connectivity index (χ2v) is 6.58.